The van der Waals surface area contributed by atoms with Crippen molar-refractivity contribution in [2.75, 3.05) is 26.2 Å². The van der Waals surface area contributed by atoms with Crippen molar-refractivity contribution >= 4 is 30.7 Å². The highest BCUT2D eigenvalue weighted by atomic mass is 35.5. The number of aliphatic hydroxyl groups is 1. The number of amides is 1. The summed E-state index contributed by atoms with van der Waals surface area (Å²) < 4.78 is 5.22. The zero-order valence-corrected chi connectivity index (χ0v) is 17.8. The zero-order chi connectivity index (χ0) is 18.9. The van der Waals surface area contributed by atoms with Crippen molar-refractivity contribution < 1.29 is 14.3 Å². The third-order valence-corrected chi connectivity index (χ3v) is 5.80. The first kappa shape index (κ1) is 23.6. The Morgan fingerprint density at radius 1 is 1.21 bits per heavy atom. The van der Waals surface area contributed by atoms with Crippen LogP contribution in [-0.4, -0.2) is 58.0 Å². The first-order valence-corrected chi connectivity index (χ1v) is 9.57. The van der Waals surface area contributed by atoms with E-state index in [0.29, 0.717) is 25.4 Å². The molecule has 2 fully saturated rings. The number of oxazole rings is 1. The number of benzene rings is 1. The van der Waals surface area contributed by atoms with Crippen molar-refractivity contribution in [3.63, 3.8) is 0 Å². The molecule has 4 rings (SSSR count). The summed E-state index contributed by atoms with van der Waals surface area (Å²) in [5.74, 6) is 0.185. The van der Waals surface area contributed by atoms with Gasteiger partial charge in [-0.25, -0.2) is 4.98 Å². The van der Waals surface area contributed by atoms with Gasteiger partial charge in [0, 0.05) is 13.1 Å². The van der Waals surface area contributed by atoms with Crippen LogP contribution in [0.2, 0.25) is 0 Å². The van der Waals surface area contributed by atoms with Gasteiger partial charge in [0.05, 0.1) is 12.6 Å². The van der Waals surface area contributed by atoms with Crippen LogP contribution >= 0.6 is 24.8 Å². The third-order valence-electron chi connectivity index (χ3n) is 5.80. The molecule has 7 nitrogen and oxygen atoms in total. The molecule has 2 aliphatic heterocycles. The molecule has 2 aliphatic rings. The molecule has 0 bridgehead atoms. The summed E-state index contributed by atoms with van der Waals surface area (Å²) in [5, 5.41) is 11.6. The highest BCUT2D eigenvalue weighted by Crippen LogP contribution is 2.37. The predicted molar refractivity (Wildman–Crippen MR) is 114 cm³/mol. The van der Waals surface area contributed by atoms with Gasteiger partial charge in [0.15, 0.2) is 5.69 Å². The summed E-state index contributed by atoms with van der Waals surface area (Å²) >= 11 is 0. The van der Waals surface area contributed by atoms with Crippen LogP contribution in [-0.2, 0) is 12.1 Å². The first-order valence-electron chi connectivity index (χ1n) is 9.57. The highest BCUT2D eigenvalue weighted by molar-refractivity contribution is 5.92. The summed E-state index contributed by atoms with van der Waals surface area (Å²) in [6.45, 7) is 3.00. The van der Waals surface area contributed by atoms with Gasteiger partial charge in [-0.3, -0.25) is 9.69 Å². The largest absolute Gasteiger partial charge is 0.447 e. The average molecular weight is 443 g/mol. The van der Waals surface area contributed by atoms with Gasteiger partial charge in [-0.15, -0.1) is 24.8 Å². The number of hydrogen-bond donors (Lipinski definition) is 2. The molecule has 1 aromatic heterocycles. The van der Waals surface area contributed by atoms with E-state index in [0.717, 1.165) is 31.5 Å². The van der Waals surface area contributed by atoms with Gasteiger partial charge in [0.1, 0.15) is 11.9 Å². The molecular formula is C20H28Cl2N4O3. The molecule has 9 heteroatoms. The van der Waals surface area contributed by atoms with Crippen LogP contribution in [0.1, 0.15) is 41.2 Å². The van der Waals surface area contributed by atoms with Crippen molar-refractivity contribution in [1.82, 2.24) is 14.8 Å². The number of nitrogens with zero attached hydrogens (tertiary/aromatic N) is 3. The third kappa shape index (κ3) is 4.59. The fraction of sp³-hybridized carbons (Fsp3) is 0.500. The Kier molecular flexibility index (Phi) is 8.08. The molecule has 0 spiro atoms. The van der Waals surface area contributed by atoms with E-state index < -0.39 is 5.60 Å². The Morgan fingerprint density at radius 3 is 2.52 bits per heavy atom. The number of likely N-dealkylation sites (tertiary alicyclic amines) is 2. The van der Waals surface area contributed by atoms with Gasteiger partial charge in [0.25, 0.3) is 5.91 Å². The minimum absolute atomic E-state index is 0. The van der Waals surface area contributed by atoms with Crippen molar-refractivity contribution in [2.24, 2.45) is 5.73 Å². The van der Waals surface area contributed by atoms with Gasteiger partial charge in [-0.05, 0) is 37.9 Å². The Hall–Kier alpha value is -1.64. The van der Waals surface area contributed by atoms with Gasteiger partial charge in [-0.1, -0.05) is 30.3 Å². The van der Waals surface area contributed by atoms with Crippen LogP contribution in [0.4, 0.5) is 0 Å². The minimum Gasteiger partial charge on any atom is -0.447 e. The zero-order valence-electron chi connectivity index (χ0n) is 16.2. The summed E-state index contributed by atoms with van der Waals surface area (Å²) in [4.78, 5) is 21.2. The predicted octanol–water partition coefficient (Wildman–Crippen LogP) is 2.17. The Labute approximate surface area is 183 Å². The maximum absolute atomic E-state index is 12.9. The number of carbonyl (C=O) groups is 1. The Balaban J connectivity index is 0.00000150. The molecule has 160 valence electrons. The van der Waals surface area contributed by atoms with E-state index in [4.69, 9.17) is 10.2 Å². The van der Waals surface area contributed by atoms with Crippen LogP contribution in [0.15, 0.2) is 41.0 Å². The molecule has 0 aliphatic carbocycles. The molecule has 2 aromatic rings. The average Bonchev–Trinajstić information content (AvgIpc) is 3.40. The maximum atomic E-state index is 12.9. The lowest BCUT2D eigenvalue weighted by Crippen LogP contribution is -2.61. The SMILES string of the molecule is Cl.Cl.NCc1nc(C(=O)N2CC[C@](O)(c3ccccc3)[C@H](N3CCCC3)C2)co1. The second kappa shape index (κ2) is 9.91. The van der Waals surface area contributed by atoms with E-state index in [-0.39, 0.29) is 49.0 Å². The number of aromatic nitrogens is 1. The van der Waals surface area contributed by atoms with Gasteiger partial charge < -0.3 is 20.2 Å². The lowest BCUT2D eigenvalue weighted by atomic mass is 9.79. The summed E-state index contributed by atoms with van der Waals surface area (Å²) in [6.07, 6.45) is 4.11. The quantitative estimate of drug-likeness (QED) is 0.752. The van der Waals surface area contributed by atoms with Crippen LogP contribution in [0.25, 0.3) is 0 Å². The van der Waals surface area contributed by atoms with E-state index in [9.17, 15) is 9.90 Å². The summed E-state index contributed by atoms with van der Waals surface area (Å²) in [5.41, 5.74) is 5.76. The normalized spacial score (nSPS) is 24.6. The second-order valence-corrected chi connectivity index (χ2v) is 7.38. The van der Waals surface area contributed by atoms with E-state index >= 15 is 0 Å². The highest BCUT2D eigenvalue weighted by Gasteiger charge is 2.47. The van der Waals surface area contributed by atoms with E-state index in [1.165, 1.54) is 6.26 Å². The van der Waals surface area contributed by atoms with Gasteiger partial charge >= 0.3 is 0 Å². The monoisotopic (exact) mass is 442 g/mol. The number of rotatable bonds is 4. The van der Waals surface area contributed by atoms with Crippen molar-refractivity contribution in [3.05, 3.63) is 53.7 Å². The molecule has 0 unspecified atom stereocenters. The Morgan fingerprint density at radius 2 is 1.90 bits per heavy atom. The molecule has 1 aromatic carbocycles. The van der Waals surface area contributed by atoms with E-state index in [1.54, 1.807) is 4.90 Å². The molecule has 2 saturated heterocycles. The molecule has 2 atom stereocenters. The fourth-order valence-corrected chi connectivity index (χ4v) is 4.31. The van der Waals surface area contributed by atoms with Crippen LogP contribution in [0, 0.1) is 0 Å². The van der Waals surface area contributed by atoms with Crippen LogP contribution in [0.3, 0.4) is 0 Å². The molecular weight excluding hydrogens is 415 g/mol. The van der Waals surface area contributed by atoms with E-state index in [1.807, 2.05) is 30.3 Å². The second-order valence-electron chi connectivity index (χ2n) is 7.38. The summed E-state index contributed by atoms with van der Waals surface area (Å²) in [6, 6.07) is 9.68. The van der Waals surface area contributed by atoms with Crippen molar-refractivity contribution in [3.8, 4) is 0 Å². The van der Waals surface area contributed by atoms with Gasteiger partial charge in [0.2, 0.25) is 5.89 Å². The first-order chi connectivity index (χ1) is 13.1. The number of nitrogens with two attached hydrogens (primary N) is 1. The molecule has 3 heterocycles. The number of carbonyl (C=O) groups excluding carboxylic acids is 1. The molecule has 29 heavy (non-hydrogen) atoms. The fourth-order valence-electron chi connectivity index (χ4n) is 4.31. The Bertz CT molecular complexity index is 798. The standard InChI is InChI=1S/C20H26N4O3.2ClH/c21-12-18-22-16(14-27-18)19(25)24-11-8-20(26,15-6-2-1-3-7-15)17(13-24)23-9-4-5-10-23;;/h1-3,6-7,14,17,26H,4-5,8-13,21H2;2*1H/t17-,20+;;/m1../s1. The molecule has 1 amide bonds. The maximum Gasteiger partial charge on any atom is 0.275 e. The van der Waals surface area contributed by atoms with Crippen molar-refractivity contribution in [1.29, 1.82) is 0 Å². The number of halogens is 2. The lowest BCUT2D eigenvalue weighted by Gasteiger charge is -2.48. The minimum atomic E-state index is -0.964. The number of piperidine rings is 1. The van der Waals surface area contributed by atoms with Crippen LogP contribution in [0.5, 0.6) is 0 Å². The van der Waals surface area contributed by atoms with Gasteiger partial charge in [-0.2, -0.15) is 0 Å². The summed E-state index contributed by atoms with van der Waals surface area (Å²) in [7, 11) is 0. The molecule has 0 radical (unpaired) electrons. The number of hydrogen-bond acceptors (Lipinski definition) is 6. The lowest BCUT2D eigenvalue weighted by molar-refractivity contribution is -0.0878. The van der Waals surface area contributed by atoms with E-state index in [2.05, 4.69) is 9.88 Å². The van der Waals surface area contributed by atoms with Crippen LogP contribution < -0.4 is 5.73 Å². The topological polar surface area (TPSA) is 95.8 Å². The smallest absolute Gasteiger partial charge is 0.275 e. The van der Waals surface area contributed by atoms with Crippen molar-refractivity contribution in [2.45, 2.75) is 37.5 Å². The molecule has 0 saturated carbocycles. The molecule has 3 N–H and O–H groups in total.